The van der Waals surface area contributed by atoms with E-state index in [1.165, 1.54) is 33.7 Å². The van der Waals surface area contributed by atoms with Gasteiger partial charge in [-0.1, -0.05) is 35.7 Å². The number of pyridine rings is 1. The van der Waals surface area contributed by atoms with Crippen LogP contribution in [-0.4, -0.2) is 26.2 Å². The summed E-state index contributed by atoms with van der Waals surface area (Å²) >= 11 is 2.38. The zero-order valence-electron chi connectivity index (χ0n) is 17.3. The van der Waals surface area contributed by atoms with Crippen molar-refractivity contribution in [1.82, 2.24) is 14.8 Å². The van der Waals surface area contributed by atoms with E-state index in [9.17, 15) is 23.2 Å². The lowest BCUT2D eigenvalue weighted by Crippen LogP contribution is -2.29. The van der Waals surface area contributed by atoms with E-state index >= 15 is 0 Å². The highest BCUT2D eigenvalue weighted by Crippen LogP contribution is 2.37. The standard InChI is InChI=1S/C21H15F3N6OS2/c1-12-4-3-7-26-18(12)30-19(31)17-16(10-27-30)29(2)28-20(33-17)32-11-13-5-6-15(21(22,23)24)8-14(13)9-25/h3-8,10H,11H2,1-2H3. The first-order chi connectivity index (χ1) is 15.7. The zero-order valence-corrected chi connectivity index (χ0v) is 18.9. The fourth-order valence-electron chi connectivity index (χ4n) is 3.07. The van der Waals surface area contributed by atoms with E-state index in [2.05, 4.69) is 15.2 Å². The molecular weight excluding hydrogens is 473 g/mol. The summed E-state index contributed by atoms with van der Waals surface area (Å²) in [6, 6.07) is 8.50. The molecule has 0 saturated heterocycles. The summed E-state index contributed by atoms with van der Waals surface area (Å²) in [5.74, 6) is 0.642. The second-order valence-corrected chi connectivity index (χ2v) is 9.20. The number of fused-ring (bicyclic) bond motifs is 1. The highest BCUT2D eigenvalue weighted by atomic mass is 32.2. The number of rotatable bonds is 3. The Morgan fingerprint density at radius 1 is 1.27 bits per heavy atom. The molecule has 0 atom stereocenters. The molecule has 168 valence electrons. The molecule has 7 nitrogen and oxygen atoms in total. The molecule has 4 rings (SSSR count). The number of aromatic nitrogens is 3. The number of anilines is 1. The molecule has 0 aliphatic carbocycles. The molecule has 0 radical (unpaired) electrons. The Kier molecular flexibility index (Phi) is 6.18. The molecule has 0 bridgehead atoms. The Labute approximate surface area is 194 Å². The van der Waals surface area contributed by atoms with Crippen molar-refractivity contribution in [2.45, 2.75) is 23.7 Å². The highest BCUT2D eigenvalue weighted by Gasteiger charge is 2.31. The summed E-state index contributed by atoms with van der Waals surface area (Å²) < 4.78 is 40.5. The largest absolute Gasteiger partial charge is 0.416 e. The quantitative estimate of drug-likeness (QED) is 0.534. The summed E-state index contributed by atoms with van der Waals surface area (Å²) in [7, 11) is 1.68. The van der Waals surface area contributed by atoms with Crippen LogP contribution in [0.3, 0.4) is 0 Å². The number of thioether (sulfide) groups is 2. The van der Waals surface area contributed by atoms with E-state index in [0.29, 0.717) is 26.3 Å². The van der Waals surface area contributed by atoms with Crippen LogP contribution >= 0.6 is 23.5 Å². The van der Waals surface area contributed by atoms with Gasteiger partial charge < -0.3 is 0 Å². The fraction of sp³-hybridized carbons (Fsp3) is 0.190. The molecule has 3 heterocycles. The number of hydrazone groups is 1. The number of aryl methyl sites for hydroxylation is 1. The summed E-state index contributed by atoms with van der Waals surface area (Å²) in [5.41, 5.74) is 0.491. The molecule has 0 saturated carbocycles. The maximum atomic E-state index is 13.2. The van der Waals surface area contributed by atoms with Crippen molar-refractivity contribution in [2.75, 3.05) is 12.1 Å². The zero-order chi connectivity index (χ0) is 23.8. The van der Waals surface area contributed by atoms with Gasteiger partial charge in [0.05, 0.1) is 29.1 Å². The minimum atomic E-state index is -4.52. The normalized spacial score (nSPS) is 13.3. The molecule has 12 heteroatoms. The molecular formula is C21H15F3N6OS2. The van der Waals surface area contributed by atoms with Crippen LogP contribution in [0.15, 0.2) is 57.5 Å². The highest BCUT2D eigenvalue weighted by molar-refractivity contribution is 8.38. The molecule has 0 fully saturated rings. The second-order valence-electron chi connectivity index (χ2n) is 6.98. The van der Waals surface area contributed by atoms with Crippen LogP contribution in [0.4, 0.5) is 18.9 Å². The van der Waals surface area contributed by atoms with Gasteiger partial charge in [-0.3, -0.25) is 9.80 Å². The van der Waals surface area contributed by atoms with Crippen LogP contribution in [0, 0.1) is 18.3 Å². The summed E-state index contributed by atoms with van der Waals surface area (Å²) in [5, 5.41) is 19.5. The van der Waals surface area contributed by atoms with Crippen molar-refractivity contribution in [3.8, 4) is 11.9 Å². The van der Waals surface area contributed by atoms with Crippen LogP contribution in [0.5, 0.6) is 0 Å². The molecule has 0 amide bonds. The van der Waals surface area contributed by atoms with Crippen LogP contribution in [0.1, 0.15) is 22.3 Å². The number of nitriles is 1. The van der Waals surface area contributed by atoms with Gasteiger partial charge in [0.15, 0.2) is 10.2 Å². The average molecular weight is 489 g/mol. The Morgan fingerprint density at radius 3 is 2.76 bits per heavy atom. The van der Waals surface area contributed by atoms with Gasteiger partial charge in [-0.05, 0) is 36.2 Å². The van der Waals surface area contributed by atoms with Gasteiger partial charge in [0, 0.05) is 19.0 Å². The Bertz CT molecular complexity index is 1360. The summed E-state index contributed by atoms with van der Waals surface area (Å²) in [6.07, 6.45) is -1.41. The van der Waals surface area contributed by atoms with E-state index in [-0.39, 0.29) is 16.9 Å². The Balaban J connectivity index is 1.59. The van der Waals surface area contributed by atoms with Gasteiger partial charge in [0.2, 0.25) is 0 Å². The molecule has 1 aliphatic rings. The molecule has 2 aromatic heterocycles. The van der Waals surface area contributed by atoms with E-state index in [1.807, 2.05) is 19.1 Å². The summed E-state index contributed by atoms with van der Waals surface area (Å²) in [6.45, 7) is 1.83. The maximum absolute atomic E-state index is 13.2. The minimum Gasteiger partial charge on any atom is -0.266 e. The van der Waals surface area contributed by atoms with Gasteiger partial charge in [-0.25, -0.2) is 4.98 Å². The Morgan fingerprint density at radius 2 is 2.06 bits per heavy atom. The van der Waals surface area contributed by atoms with Gasteiger partial charge in [-0.15, -0.1) is 0 Å². The van der Waals surface area contributed by atoms with E-state index in [0.717, 1.165) is 29.5 Å². The van der Waals surface area contributed by atoms with Crippen LogP contribution in [0.25, 0.3) is 5.82 Å². The van der Waals surface area contributed by atoms with Crippen molar-refractivity contribution in [3.63, 3.8) is 0 Å². The first kappa shape index (κ1) is 22.9. The van der Waals surface area contributed by atoms with Crippen molar-refractivity contribution < 1.29 is 13.2 Å². The van der Waals surface area contributed by atoms with Crippen LogP contribution in [-0.2, 0) is 11.9 Å². The third-order valence-corrected chi connectivity index (χ3v) is 7.01. The summed E-state index contributed by atoms with van der Waals surface area (Å²) in [4.78, 5) is 17.8. The number of halogens is 3. The van der Waals surface area contributed by atoms with Crippen LogP contribution in [0.2, 0.25) is 0 Å². The lowest BCUT2D eigenvalue weighted by Gasteiger charge is -2.23. The lowest BCUT2D eigenvalue weighted by atomic mass is 10.1. The second kappa shape index (κ2) is 8.92. The van der Waals surface area contributed by atoms with E-state index < -0.39 is 11.7 Å². The minimum absolute atomic E-state index is 0.0512. The molecule has 3 aromatic rings. The fourth-order valence-corrected chi connectivity index (χ4v) is 5.24. The maximum Gasteiger partial charge on any atom is 0.416 e. The number of alkyl halides is 3. The Hall–Kier alpha value is -3.30. The molecule has 0 unspecified atom stereocenters. The third kappa shape index (κ3) is 4.60. The van der Waals surface area contributed by atoms with Gasteiger partial charge in [0.25, 0.3) is 5.56 Å². The molecule has 0 spiro atoms. The van der Waals surface area contributed by atoms with Crippen molar-refractivity contribution in [3.05, 3.63) is 75.3 Å². The number of hydrogen-bond acceptors (Lipinski definition) is 8. The number of nitrogens with zero attached hydrogens (tertiary/aromatic N) is 6. The third-order valence-electron chi connectivity index (χ3n) is 4.78. The SMILES string of the molecule is Cc1cccnc1-n1ncc2c(c1=O)SC(SCc1ccc(C(F)(F)F)cc1C#N)=NN2C. The van der Waals surface area contributed by atoms with Gasteiger partial charge in [-0.2, -0.15) is 33.3 Å². The topological polar surface area (TPSA) is 87.2 Å². The average Bonchev–Trinajstić information content (AvgIpc) is 2.78. The van der Waals surface area contributed by atoms with Crippen molar-refractivity contribution in [1.29, 1.82) is 5.26 Å². The van der Waals surface area contributed by atoms with E-state index in [4.69, 9.17) is 0 Å². The van der Waals surface area contributed by atoms with Crippen LogP contribution < -0.4 is 10.6 Å². The molecule has 1 aliphatic heterocycles. The van der Waals surface area contributed by atoms with Gasteiger partial charge >= 0.3 is 6.18 Å². The van der Waals surface area contributed by atoms with Gasteiger partial charge in [0.1, 0.15) is 4.90 Å². The van der Waals surface area contributed by atoms with E-state index in [1.54, 1.807) is 19.3 Å². The molecule has 0 N–H and O–H groups in total. The first-order valence-electron chi connectivity index (χ1n) is 9.46. The monoisotopic (exact) mass is 488 g/mol. The predicted molar refractivity (Wildman–Crippen MR) is 122 cm³/mol. The van der Waals surface area contributed by atoms with Crippen molar-refractivity contribution >= 4 is 33.6 Å². The number of benzene rings is 1. The van der Waals surface area contributed by atoms with Crippen molar-refractivity contribution in [2.24, 2.45) is 5.10 Å². The number of hydrogen-bond donors (Lipinski definition) is 0. The lowest BCUT2D eigenvalue weighted by molar-refractivity contribution is -0.137. The molecule has 1 aromatic carbocycles. The first-order valence-corrected chi connectivity index (χ1v) is 11.3. The smallest absolute Gasteiger partial charge is 0.266 e. The molecule has 33 heavy (non-hydrogen) atoms. The predicted octanol–water partition coefficient (Wildman–Crippen LogP) is 4.57.